The average Bonchev–Trinajstić information content (AvgIpc) is 2.58. The van der Waals surface area contributed by atoms with Crippen LogP contribution in [0.5, 0.6) is 0 Å². The summed E-state index contributed by atoms with van der Waals surface area (Å²) >= 11 is 5.95. The Morgan fingerprint density at radius 2 is 1.92 bits per heavy atom. The minimum atomic E-state index is -1.32. The number of piperidine rings is 1. The second-order valence-electron chi connectivity index (χ2n) is 6.05. The fourth-order valence-corrected chi connectivity index (χ4v) is 3.28. The number of hydrogen-bond acceptors (Lipinski definition) is 4. The molecule has 0 saturated carbocycles. The third-order valence-corrected chi connectivity index (χ3v) is 4.54. The molecular weight excluding hydrogens is 346 g/mol. The van der Waals surface area contributed by atoms with Crippen molar-refractivity contribution in [2.75, 3.05) is 13.1 Å². The molecule has 2 heterocycles. The van der Waals surface area contributed by atoms with Crippen molar-refractivity contribution in [1.29, 1.82) is 0 Å². The predicted molar refractivity (Wildman–Crippen MR) is 93.8 cm³/mol. The van der Waals surface area contributed by atoms with E-state index < -0.39 is 17.2 Å². The molecule has 1 aromatic heterocycles. The van der Waals surface area contributed by atoms with Gasteiger partial charge in [0.1, 0.15) is 5.69 Å². The van der Waals surface area contributed by atoms with E-state index >= 15 is 0 Å². The van der Waals surface area contributed by atoms with Gasteiger partial charge in [-0.05, 0) is 44.1 Å². The first-order valence-electron chi connectivity index (χ1n) is 8.07. The number of nitrogens with zero attached hydrogens (tertiary/aromatic N) is 2. The van der Waals surface area contributed by atoms with Crippen molar-refractivity contribution in [3.8, 4) is 5.69 Å². The fourth-order valence-electron chi connectivity index (χ4n) is 3.09. The van der Waals surface area contributed by atoms with Gasteiger partial charge in [-0.3, -0.25) is 9.69 Å². The lowest BCUT2D eigenvalue weighted by Gasteiger charge is -2.26. The Bertz CT molecular complexity index is 913. The highest BCUT2D eigenvalue weighted by Gasteiger charge is 2.22. The van der Waals surface area contributed by atoms with Gasteiger partial charge in [0.2, 0.25) is 0 Å². The molecule has 7 nitrogen and oxygen atoms in total. The summed E-state index contributed by atoms with van der Waals surface area (Å²) in [6.45, 7) is 1.79. The van der Waals surface area contributed by atoms with Gasteiger partial charge in [0.25, 0.3) is 5.56 Å². The highest BCUT2D eigenvalue weighted by Crippen LogP contribution is 2.15. The molecule has 8 heteroatoms. The lowest BCUT2D eigenvalue weighted by atomic mass is 10.1. The van der Waals surface area contributed by atoms with Crippen molar-refractivity contribution in [2.45, 2.75) is 25.8 Å². The monoisotopic (exact) mass is 363 g/mol. The Morgan fingerprint density at radius 3 is 2.56 bits per heavy atom. The lowest BCUT2D eigenvalue weighted by Crippen LogP contribution is -2.41. The lowest BCUT2D eigenvalue weighted by molar-refractivity contribution is 0.0686. The SMILES string of the molecule is O=C(O)c1[nH]c(=O)n(-c2cccc(Cl)c2)c(=O)c1CN1CCCCC1. The molecule has 1 aliphatic rings. The molecule has 0 spiro atoms. The number of aromatic amines is 1. The number of carbonyl (C=O) groups is 1. The van der Waals surface area contributed by atoms with Crippen LogP contribution >= 0.6 is 11.6 Å². The second-order valence-corrected chi connectivity index (χ2v) is 6.48. The fraction of sp³-hybridized carbons (Fsp3) is 0.353. The molecule has 1 aromatic carbocycles. The van der Waals surface area contributed by atoms with Gasteiger partial charge in [-0.15, -0.1) is 0 Å². The van der Waals surface area contributed by atoms with Crippen molar-refractivity contribution in [3.63, 3.8) is 0 Å². The van der Waals surface area contributed by atoms with Crippen molar-refractivity contribution >= 4 is 17.6 Å². The topological polar surface area (TPSA) is 95.4 Å². The molecule has 2 N–H and O–H groups in total. The van der Waals surface area contributed by atoms with E-state index in [0.717, 1.165) is 36.9 Å². The van der Waals surface area contributed by atoms with Crippen LogP contribution in [0.2, 0.25) is 5.02 Å². The van der Waals surface area contributed by atoms with E-state index in [4.69, 9.17) is 11.6 Å². The Morgan fingerprint density at radius 1 is 1.20 bits per heavy atom. The number of carboxylic acid groups (broad SMARTS) is 1. The van der Waals surface area contributed by atoms with Crippen LogP contribution in [-0.2, 0) is 6.54 Å². The maximum absolute atomic E-state index is 12.9. The van der Waals surface area contributed by atoms with Gasteiger partial charge in [-0.2, -0.15) is 0 Å². The summed E-state index contributed by atoms with van der Waals surface area (Å²) < 4.78 is 0.928. The van der Waals surface area contributed by atoms with E-state index in [9.17, 15) is 19.5 Å². The average molecular weight is 364 g/mol. The van der Waals surface area contributed by atoms with Crippen LogP contribution in [0.4, 0.5) is 0 Å². The van der Waals surface area contributed by atoms with E-state index in [1.54, 1.807) is 18.2 Å². The molecule has 3 rings (SSSR count). The third kappa shape index (κ3) is 3.67. The Labute approximate surface area is 148 Å². The van der Waals surface area contributed by atoms with Gasteiger partial charge < -0.3 is 10.1 Å². The molecule has 25 heavy (non-hydrogen) atoms. The molecule has 0 aliphatic carbocycles. The molecule has 1 fully saturated rings. The Balaban J connectivity index is 2.14. The quantitative estimate of drug-likeness (QED) is 0.864. The summed E-state index contributed by atoms with van der Waals surface area (Å²) in [5.41, 5.74) is -1.40. The highest BCUT2D eigenvalue weighted by molar-refractivity contribution is 6.30. The number of nitrogens with one attached hydrogen (secondary N) is 1. The minimum Gasteiger partial charge on any atom is -0.477 e. The molecule has 0 amide bonds. The molecule has 0 radical (unpaired) electrons. The zero-order chi connectivity index (χ0) is 18.0. The molecule has 1 saturated heterocycles. The number of halogens is 1. The number of benzene rings is 1. The summed E-state index contributed by atoms with van der Waals surface area (Å²) in [7, 11) is 0. The first-order chi connectivity index (χ1) is 12.0. The standard InChI is InChI=1S/C17H18ClN3O4/c18-11-5-4-6-12(9-11)21-15(22)13(10-20-7-2-1-3-8-20)14(16(23)24)19-17(21)25/h4-6,9H,1-3,7-8,10H2,(H,19,25)(H,23,24). The minimum absolute atomic E-state index is 0.0778. The van der Waals surface area contributed by atoms with Crippen molar-refractivity contribution in [3.05, 3.63) is 61.4 Å². The number of aromatic carboxylic acids is 1. The third-order valence-electron chi connectivity index (χ3n) is 4.31. The summed E-state index contributed by atoms with van der Waals surface area (Å²) in [5.74, 6) is -1.32. The molecule has 0 atom stereocenters. The van der Waals surface area contributed by atoms with E-state index in [2.05, 4.69) is 4.98 Å². The van der Waals surface area contributed by atoms with Gasteiger partial charge in [0, 0.05) is 11.6 Å². The van der Waals surface area contributed by atoms with Crippen LogP contribution in [0.15, 0.2) is 33.9 Å². The Kier molecular flexibility index (Phi) is 5.06. The molecule has 132 valence electrons. The van der Waals surface area contributed by atoms with Crippen LogP contribution in [0, 0.1) is 0 Å². The van der Waals surface area contributed by atoms with Gasteiger partial charge in [-0.1, -0.05) is 24.1 Å². The predicted octanol–water partition coefficient (Wildman–Crippen LogP) is 1.86. The van der Waals surface area contributed by atoms with Crippen LogP contribution in [0.1, 0.15) is 35.3 Å². The van der Waals surface area contributed by atoms with Crippen LogP contribution in [0.3, 0.4) is 0 Å². The first kappa shape index (κ1) is 17.4. The van der Waals surface area contributed by atoms with Gasteiger partial charge in [-0.25, -0.2) is 14.2 Å². The summed E-state index contributed by atoms with van der Waals surface area (Å²) in [6, 6.07) is 6.32. The molecular formula is C17H18ClN3O4. The highest BCUT2D eigenvalue weighted by atomic mass is 35.5. The number of carboxylic acids is 1. The largest absolute Gasteiger partial charge is 0.477 e. The first-order valence-corrected chi connectivity index (χ1v) is 8.45. The van der Waals surface area contributed by atoms with Crippen LogP contribution < -0.4 is 11.2 Å². The number of rotatable bonds is 4. The number of hydrogen-bond donors (Lipinski definition) is 2. The van der Waals surface area contributed by atoms with E-state index in [0.29, 0.717) is 10.7 Å². The molecule has 0 bridgehead atoms. The molecule has 2 aromatic rings. The number of H-pyrrole nitrogens is 1. The maximum atomic E-state index is 12.9. The summed E-state index contributed by atoms with van der Waals surface area (Å²) in [6.07, 6.45) is 3.14. The summed E-state index contributed by atoms with van der Waals surface area (Å²) in [5, 5.41) is 9.77. The van der Waals surface area contributed by atoms with Crippen molar-refractivity contribution in [2.24, 2.45) is 0 Å². The summed E-state index contributed by atoms with van der Waals surface area (Å²) in [4.78, 5) is 41.1. The van der Waals surface area contributed by atoms with Gasteiger partial charge in [0.15, 0.2) is 0 Å². The van der Waals surface area contributed by atoms with Crippen molar-refractivity contribution < 1.29 is 9.90 Å². The van der Waals surface area contributed by atoms with E-state index in [-0.39, 0.29) is 17.8 Å². The second kappa shape index (κ2) is 7.25. The molecule has 1 aliphatic heterocycles. The van der Waals surface area contributed by atoms with Gasteiger partial charge >= 0.3 is 11.7 Å². The Hall–Kier alpha value is -2.38. The van der Waals surface area contributed by atoms with Gasteiger partial charge in [0.05, 0.1) is 11.3 Å². The van der Waals surface area contributed by atoms with Crippen LogP contribution in [0.25, 0.3) is 5.69 Å². The zero-order valence-corrected chi connectivity index (χ0v) is 14.3. The van der Waals surface area contributed by atoms with E-state index in [1.165, 1.54) is 6.07 Å². The van der Waals surface area contributed by atoms with E-state index in [1.807, 2.05) is 4.90 Å². The van der Waals surface area contributed by atoms with Crippen molar-refractivity contribution in [1.82, 2.24) is 14.5 Å². The molecule has 0 unspecified atom stereocenters. The normalized spacial score (nSPS) is 15.2. The number of likely N-dealkylation sites (tertiary alicyclic amines) is 1. The number of aromatic nitrogens is 2. The smallest absolute Gasteiger partial charge is 0.352 e. The zero-order valence-electron chi connectivity index (χ0n) is 13.5. The van der Waals surface area contributed by atoms with Crippen LogP contribution in [-0.4, -0.2) is 38.6 Å². The maximum Gasteiger partial charge on any atom is 0.352 e.